The molecule has 0 N–H and O–H groups in total. The van der Waals surface area contributed by atoms with Crippen molar-refractivity contribution in [1.82, 2.24) is 0 Å². The molecule has 1 aliphatic rings. The highest BCUT2D eigenvalue weighted by molar-refractivity contribution is 5.73. The summed E-state index contributed by atoms with van der Waals surface area (Å²) in [4.78, 5) is 0. The summed E-state index contributed by atoms with van der Waals surface area (Å²) in [5.74, 6) is -3.67. The maximum atomic E-state index is 15.1. The third-order valence-corrected chi connectivity index (χ3v) is 5.29. The maximum Gasteiger partial charge on any atom is 0.159 e. The average Bonchev–Trinajstić information content (AvgIpc) is 2.70. The van der Waals surface area contributed by atoms with Crippen molar-refractivity contribution in [2.75, 3.05) is 0 Å². The number of hydrogen-bond donors (Lipinski definition) is 0. The molecule has 3 aromatic carbocycles. The Kier molecular flexibility index (Phi) is 4.80. The second kappa shape index (κ2) is 7.27. The molecule has 3 aromatic rings. The van der Waals surface area contributed by atoms with E-state index in [1.165, 1.54) is 17.7 Å². The summed E-state index contributed by atoms with van der Waals surface area (Å²) in [6.07, 6.45) is 3.64. The average molecular weight is 382 g/mol. The third-order valence-electron chi connectivity index (χ3n) is 5.29. The van der Waals surface area contributed by atoms with Gasteiger partial charge in [0.15, 0.2) is 11.6 Å². The highest BCUT2D eigenvalue weighted by atomic mass is 19.2. The van der Waals surface area contributed by atoms with E-state index >= 15 is 4.39 Å². The lowest BCUT2D eigenvalue weighted by Gasteiger charge is -2.20. The number of fused-ring (bicyclic) bond motifs is 1. The fourth-order valence-corrected chi connectivity index (χ4v) is 3.68. The van der Waals surface area contributed by atoms with Crippen LogP contribution in [0.15, 0.2) is 54.6 Å². The van der Waals surface area contributed by atoms with Crippen LogP contribution in [0, 0.1) is 23.3 Å². The molecule has 0 spiro atoms. The van der Waals surface area contributed by atoms with E-state index in [0.29, 0.717) is 24.0 Å². The molecule has 0 saturated heterocycles. The van der Waals surface area contributed by atoms with Gasteiger partial charge in [0.2, 0.25) is 0 Å². The van der Waals surface area contributed by atoms with E-state index in [4.69, 9.17) is 0 Å². The van der Waals surface area contributed by atoms with Crippen LogP contribution < -0.4 is 0 Å². The van der Waals surface area contributed by atoms with Crippen LogP contribution in [0.2, 0.25) is 0 Å². The lowest BCUT2D eigenvalue weighted by atomic mass is 9.85. The second-order valence-electron chi connectivity index (χ2n) is 6.97. The Morgan fingerprint density at radius 1 is 0.786 bits per heavy atom. The standard InChI is InChI=1S/C24H18F4/c1-2-14-3-5-15(6-4-14)16-7-9-19-18(11-16)13-22(27)23(24(19)28)17-8-10-20(25)21(26)12-17/h3-8,10,12-13H,2,9,11H2,1H3. The van der Waals surface area contributed by atoms with Crippen molar-refractivity contribution < 1.29 is 17.6 Å². The fraction of sp³-hybridized carbons (Fsp3) is 0.167. The van der Waals surface area contributed by atoms with Crippen molar-refractivity contribution in [2.24, 2.45) is 0 Å². The van der Waals surface area contributed by atoms with Crippen molar-refractivity contribution in [3.05, 3.63) is 100 Å². The first-order chi connectivity index (χ1) is 13.5. The fourth-order valence-electron chi connectivity index (χ4n) is 3.68. The molecule has 0 aliphatic heterocycles. The minimum atomic E-state index is -1.13. The summed E-state index contributed by atoms with van der Waals surface area (Å²) < 4.78 is 56.5. The van der Waals surface area contributed by atoms with Gasteiger partial charge in [0.05, 0.1) is 5.56 Å². The van der Waals surface area contributed by atoms with E-state index < -0.39 is 23.3 Å². The molecule has 0 unspecified atom stereocenters. The van der Waals surface area contributed by atoms with Gasteiger partial charge in [-0.1, -0.05) is 43.3 Å². The SMILES string of the molecule is CCc1ccc(C2=CCc3c(cc(F)c(-c4ccc(F)c(F)c4)c3F)C2)cc1. The monoisotopic (exact) mass is 382 g/mol. The van der Waals surface area contributed by atoms with Gasteiger partial charge in [-0.3, -0.25) is 0 Å². The number of benzene rings is 3. The van der Waals surface area contributed by atoms with Crippen molar-refractivity contribution in [3.8, 4) is 11.1 Å². The minimum Gasteiger partial charge on any atom is -0.206 e. The minimum absolute atomic E-state index is 0.0124. The van der Waals surface area contributed by atoms with Crippen LogP contribution in [0.3, 0.4) is 0 Å². The van der Waals surface area contributed by atoms with E-state index in [1.807, 2.05) is 18.2 Å². The molecule has 0 radical (unpaired) electrons. The number of rotatable bonds is 3. The molecular formula is C24H18F4. The molecule has 4 rings (SSSR count). The van der Waals surface area contributed by atoms with Crippen LogP contribution in [0.1, 0.15) is 29.2 Å². The van der Waals surface area contributed by atoms with Gasteiger partial charge in [-0.2, -0.15) is 0 Å². The van der Waals surface area contributed by atoms with Gasteiger partial charge in [-0.05, 0) is 70.9 Å². The van der Waals surface area contributed by atoms with Crippen LogP contribution in [0.5, 0.6) is 0 Å². The number of allylic oxidation sites excluding steroid dienone is 2. The van der Waals surface area contributed by atoms with Gasteiger partial charge in [0.1, 0.15) is 11.6 Å². The van der Waals surface area contributed by atoms with Crippen molar-refractivity contribution in [1.29, 1.82) is 0 Å². The second-order valence-corrected chi connectivity index (χ2v) is 6.97. The first kappa shape index (κ1) is 18.5. The number of hydrogen-bond acceptors (Lipinski definition) is 0. The molecule has 142 valence electrons. The van der Waals surface area contributed by atoms with Gasteiger partial charge in [0, 0.05) is 0 Å². The van der Waals surface area contributed by atoms with Gasteiger partial charge in [-0.25, -0.2) is 17.6 Å². The summed E-state index contributed by atoms with van der Waals surface area (Å²) in [5, 5.41) is 0. The molecule has 0 bridgehead atoms. The zero-order valence-electron chi connectivity index (χ0n) is 15.3. The highest BCUT2D eigenvalue weighted by Crippen LogP contribution is 2.36. The lowest BCUT2D eigenvalue weighted by Crippen LogP contribution is -2.08. The van der Waals surface area contributed by atoms with Gasteiger partial charge >= 0.3 is 0 Å². The van der Waals surface area contributed by atoms with Gasteiger partial charge in [-0.15, -0.1) is 0 Å². The van der Waals surface area contributed by atoms with Crippen molar-refractivity contribution in [3.63, 3.8) is 0 Å². The summed E-state index contributed by atoms with van der Waals surface area (Å²) in [6, 6.07) is 12.4. The molecule has 4 heteroatoms. The van der Waals surface area contributed by atoms with Crippen LogP contribution in [-0.2, 0) is 19.3 Å². The Labute approximate surface area is 161 Å². The topological polar surface area (TPSA) is 0 Å². The molecule has 0 aromatic heterocycles. The smallest absolute Gasteiger partial charge is 0.159 e. The predicted molar refractivity (Wildman–Crippen MR) is 103 cm³/mol. The van der Waals surface area contributed by atoms with E-state index in [9.17, 15) is 13.2 Å². The Morgan fingerprint density at radius 2 is 1.50 bits per heavy atom. The normalized spacial score (nSPS) is 13.2. The van der Waals surface area contributed by atoms with E-state index in [0.717, 1.165) is 29.7 Å². The molecule has 1 aliphatic carbocycles. The summed E-state index contributed by atoms with van der Waals surface area (Å²) in [5.41, 5.74) is 3.94. The Balaban J connectivity index is 1.72. The Morgan fingerprint density at radius 3 is 2.18 bits per heavy atom. The Bertz CT molecular complexity index is 1080. The zero-order chi connectivity index (χ0) is 19.8. The molecule has 0 fully saturated rings. The Hall–Kier alpha value is -2.88. The third kappa shape index (κ3) is 3.24. The summed E-state index contributed by atoms with van der Waals surface area (Å²) >= 11 is 0. The number of halogens is 4. The molecule has 0 saturated carbocycles. The van der Waals surface area contributed by atoms with E-state index in [1.54, 1.807) is 0 Å². The summed E-state index contributed by atoms with van der Waals surface area (Å²) in [7, 11) is 0. The first-order valence-electron chi connectivity index (χ1n) is 9.21. The highest BCUT2D eigenvalue weighted by Gasteiger charge is 2.23. The van der Waals surface area contributed by atoms with Crippen molar-refractivity contribution >= 4 is 5.57 Å². The van der Waals surface area contributed by atoms with Crippen LogP contribution >= 0.6 is 0 Å². The van der Waals surface area contributed by atoms with Crippen molar-refractivity contribution in [2.45, 2.75) is 26.2 Å². The van der Waals surface area contributed by atoms with E-state index in [2.05, 4.69) is 19.1 Å². The van der Waals surface area contributed by atoms with Gasteiger partial charge < -0.3 is 0 Å². The first-order valence-corrected chi connectivity index (χ1v) is 9.21. The zero-order valence-corrected chi connectivity index (χ0v) is 15.3. The lowest BCUT2D eigenvalue weighted by molar-refractivity contribution is 0.508. The summed E-state index contributed by atoms with van der Waals surface area (Å²) in [6.45, 7) is 2.08. The molecule has 28 heavy (non-hydrogen) atoms. The number of aryl methyl sites for hydroxylation is 1. The maximum absolute atomic E-state index is 15.1. The van der Waals surface area contributed by atoms with Crippen LogP contribution in [0.25, 0.3) is 16.7 Å². The molecule has 0 amide bonds. The van der Waals surface area contributed by atoms with Crippen LogP contribution in [-0.4, -0.2) is 0 Å². The molecule has 0 atom stereocenters. The molecule has 0 nitrogen and oxygen atoms in total. The van der Waals surface area contributed by atoms with Crippen LogP contribution in [0.4, 0.5) is 17.6 Å². The predicted octanol–water partition coefficient (Wildman–Crippen LogP) is 6.65. The largest absolute Gasteiger partial charge is 0.206 e. The van der Waals surface area contributed by atoms with Gasteiger partial charge in [0.25, 0.3) is 0 Å². The molecular weight excluding hydrogens is 364 g/mol. The quantitative estimate of drug-likeness (QED) is 0.445. The molecule has 0 heterocycles. The van der Waals surface area contributed by atoms with E-state index in [-0.39, 0.29) is 11.1 Å².